The third kappa shape index (κ3) is 1.66. The fourth-order valence-corrected chi connectivity index (χ4v) is 3.34. The van der Waals surface area contributed by atoms with Gasteiger partial charge in [0, 0.05) is 31.0 Å². The zero-order chi connectivity index (χ0) is 12.7. The van der Waals surface area contributed by atoms with Gasteiger partial charge in [0.1, 0.15) is 0 Å². The molecule has 1 aliphatic heterocycles. The molecule has 1 nitrogen and oxygen atoms in total. The molecule has 1 aromatic heterocycles. The van der Waals surface area contributed by atoms with Crippen LogP contribution in [0.5, 0.6) is 0 Å². The Kier molecular flexibility index (Phi) is 2.70. The lowest BCUT2D eigenvalue weighted by Gasteiger charge is -2.11. The van der Waals surface area contributed by atoms with Crippen LogP contribution in [0.25, 0.3) is 11.3 Å². The smallest absolute Gasteiger partial charge is 0.193 e. The van der Waals surface area contributed by atoms with E-state index in [1.807, 2.05) is 0 Å². The van der Waals surface area contributed by atoms with E-state index in [0.29, 0.717) is 12.0 Å². The molecule has 1 aliphatic rings. The van der Waals surface area contributed by atoms with Gasteiger partial charge in [-0.15, -0.1) is 0 Å². The second-order valence-corrected chi connectivity index (χ2v) is 5.50. The standard InChI is InChI=1S/C17H20N/c1-12-11-14(3)18-13(2)7-6-10-17(18)16-9-5-4-8-15(12)16/h4-10,12,14H,11H2,1-3H3/q+1. The molecule has 2 heterocycles. The molecular weight excluding hydrogens is 218 g/mol. The average molecular weight is 238 g/mol. The molecule has 0 radical (unpaired) electrons. The highest BCUT2D eigenvalue weighted by molar-refractivity contribution is 5.62. The maximum atomic E-state index is 2.49. The van der Waals surface area contributed by atoms with Gasteiger partial charge in [-0.2, -0.15) is 4.57 Å². The number of hydrogen-bond acceptors (Lipinski definition) is 0. The first-order valence-electron chi connectivity index (χ1n) is 6.79. The van der Waals surface area contributed by atoms with Gasteiger partial charge >= 0.3 is 0 Å². The quantitative estimate of drug-likeness (QED) is 0.610. The summed E-state index contributed by atoms with van der Waals surface area (Å²) in [6.07, 6.45) is 1.21. The molecule has 0 spiro atoms. The Morgan fingerprint density at radius 3 is 2.61 bits per heavy atom. The van der Waals surface area contributed by atoms with Crippen LogP contribution >= 0.6 is 0 Å². The van der Waals surface area contributed by atoms with Gasteiger partial charge in [-0.05, 0) is 30.5 Å². The van der Waals surface area contributed by atoms with Crippen LogP contribution in [0.3, 0.4) is 0 Å². The maximum absolute atomic E-state index is 2.49. The highest BCUT2D eigenvalue weighted by Gasteiger charge is 2.30. The lowest BCUT2D eigenvalue weighted by molar-refractivity contribution is -0.715. The molecule has 2 unspecified atom stereocenters. The number of rotatable bonds is 0. The topological polar surface area (TPSA) is 3.88 Å². The number of benzene rings is 1. The first-order valence-corrected chi connectivity index (χ1v) is 6.79. The zero-order valence-electron chi connectivity index (χ0n) is 11.4. The lowest BCUT2D eigenvalue weighted by Crippen LogP contribution is -2.42. The minimum Gasteiger partial charge on any atom is -0.193 e. The second-order valence-electron chi connectivity index (χ2n) is 5.50. The Hall–Kier alpha value is -1.63. The van der Waals surface area contributed by atoms with Crippen molar-refractivity contribution in [3.05, 3.63) is 53.7 Å². The van der Waals surface area contributed by atoms with Crippen molar-refractivity contribution in [2.24, 2.45) is 0 Å². The Morgan fingerprint density at radius 1 is 1.00 bits per heavy atom. The van der Waals surface area contributed by atoms with Crippen LogP contribution in [0.4, 0.5) is 0 Å². The molecule has 18 heavy (non-hydrogen) atoms. The molecule has 2 atom stereocenters. The van der Waals surface area contributed by atoms with Crippen LogP contribution in [0.2, 0.25) is 0 Å². The van der Waals surface area contributed by atoms with Crippen molar-refractivity contribution in [3.63, 3.8) is 0 Å². The van der Waals surface area contributed by atoms with Crippen LogP contribution in [-0.2, 0) is 0 Å². The lowest BCUT2D eigenvalue weighted by atomic mass is 9.92. The maximum Gasteiger partial charge on any atom is 0.213 e. The van der Waals surface area contributed by atoms with Crippen molar-refractivity contribution in [3.8, 4) is 11.3 Å². The molecule has 1 heteroatoms. The fourth-order valence-electron chi connectivity index (χ4n) is 3.34. The number of fused-ring (bicyclic) bond motifs is 3. The Bertz CT molecular complexity index is 586. The predicted octanol–water partition coefficient (Wildman–Crippen LogP) is 4.02. The molecule has 0 saturated heterocycles. The summed E-state index contributed by atoms with van der Waals surface area (Å²) in [5.41, 5.74) is 5.60. The fraction of sp³-hybridized carbons (Fsp3) is 0.353. The van der Waals surface area contributed by atoms with E-state index in [-0.39, 0.29) is 0 Å². The summed E-state index contributed by atoms with van der Waals surface area (Å²) < 4.78 is 2.49. The third-order valence-electron chi connectivity index (χ3n) is 4.13. The van der Waals surface area contributed by atoms with E-state index in [0.717, 1.165) is 0 Å². The van der Waals surface area contributed by atoms with E-state index in [1.165, 1.54) is 28.9 Å². The van der Waals surface area contributed by atoms with Crippen LogP contribution < -0.4 is 4.57 Å². The van der Waals surface area contributed by atoms with Gasteiger partial charge in [0.25, 0.3) is 0 Å². The first-order chi connectivity index (χ1) is 8.68. The van der Waals surface area contributed by atoms with Gasteiger partial charge < -0.3 is 0 Å². The van der Waals surface area contributed by atoms with Crippen molar-refractivity contribution >= 4 is 0 Å². The van der Waals surface area contributed by atoms with E-state index in [1.54, 1.807) is 0 Å². The monoisotopic (exact) mass is 238 g/mol. The molecule has 1 aromatic carbocycles. The Balaban J connectivity index is 2.33. The molecule has 0 saturated carbocycles. The van der Waals surface area contributed by atoms with E-state index in [9.17, 15) is 0 Å². The summed E-state index contributed by atoms with van der Waals surface area (Å²) in [6, 6.07) is 16.0. The zero-order valence-corrected chi connectivity index (χ0v) is 11.4. The molecule has 0 fully saturated rings. The van der Waals surface area contributed by atoms with E-state index in [2.05, 4.69) is 67.8 Å². The van der Waals surface area contributed by atoms with Gasteiger partial charge in [-0.1, -0.05) is 25.1 Å². The van der Waals surface area contributed by atoms with Crippen LogP contribution in [0, 0.1) is 6.92 Å². The van der Waals surface area contributed by atoms with Gasteiger partial charge in [-0.25, -0.2) is 0 Å². The average Bonchev–Trinajstić information content (AvgIpc) is 2.47. The number of hydrogen-bond donors (Lipinski definition) is 0. The van der Waals surface area contributed by atoms with Crippen molar-refractivity contribution < 1.29 is 4.57 Å². The Morgan fingerprint density at radius 2 is 1.78 bits per heavy atom. The van der Waals surface area contributed by atoms with Gasteiger partial charge in [-0.3, -0.25) is 0 Å². The SMILES string of the molecule is Cc1cccc2[n+]1C(C)CC(C)c1ccccc1-2. The summed E-state index contributed by atoms with van der Waals surface area (Å²) in [6.45, 7) is 6.88. The Labute approximate surface area is 109 Å². The molecule has 0 N–H and O–H groups in total. The van der Waals surface area contributed by atoms with Gasteiger partial charge in [0.05, 0.1) is 0 Å². The third-order valence-corrected chi connectivity index (χ3v) is 4.13. The normalized spacial score (nSPS) is 21.9. The van der Waals surface area contributed by atoms with E-state index < -0.39 is 0 Å². The predicted molar refractivity (Wildman–Crippen MR) is 74.6 cm³/mol. The molecule has 2 aromatic rings. The number of aryl methyl sites for hydroxylation is 1. The minimum atomic E-state index is 0.559. The van der Waals surface area contributed by atoms with Crippen molar-refractivity contribution in [1.29, 1.82) is 0 Å². The summed E-state index contributed by atoms with van der Waals surface area (Å²) in [5.74, 6) is 0.621. The number of pyridine rings is 1. The molecule has 3 rings (SSSR count). The van der Waals surface area contributed by atoms with Crippen LogP contribution in [-0.4, -0.2) is 0 Å². The molecule has 92 valence electrons. The van der Waals surface area contributed by atoms with Crippen molar-refractivity contribution in [2.75, 3.05) is 0 Å². The highest BCUT2D eigenvalue weighted by atomic mass is 15.0. The molecule has 0 amide bonds. The van der Waals surface area contributed by atoms with E-state index in [4.69, 9.17) is 0 Å². The van der Waals surface area contributed by atoms with E-state index >= 15 is 0 Å². The molecule has 0 bridgehead atoms. The highest BCUT2D eigenvalue weighted by Crippen LogP contribution is 2.35. The summed E-state index contributed by atoms with van der Waals surface area (Å²) in [5, 5.41) is 0. The molecular formula is C17H20N+. The summed E-state index contributed by atoms with van der Waals surface area (Å²) in [7, 11) is 0. The largest absolute Gasteiger partial charge is 0.213 e. The summed E-state index contributed by atoms with van der Waals surface area (Å²) >= 11 is 0. The number of aromatic nitrogens is 1. The van der Waals surface area contributed by atoms with Crippen LogP contribution in [0.1, 0.15) is 43.5 Å². The van der Waals surface area contributed by atoms with Crippen molar-refractivity contribution in [1.82, 2.24) is 0 Å². The van der Waals surface area contributed by atoms with Gasteiger partial charge in [0.15, 0.2) is 11.7 Å². The molecule has 0 aliphatic carbocycles. The first kappa shape index (κ1) is 11.5. The van der Waals surface area contributed by atoms with Crippen molar-refractivity contribution in [2.45, 2.75) is 39.2 Å². The number of nitrogens with zero attached hydrogens (tertiary/aromatic N) is 1. The van der Waals surface area contributed by atoms with Crippen LogP contribution in [0.15, 0.2) is 42.5 Å². The second kappa shape index (κ2) is 4.24. The summed E-state index contributed by atoms with van der Waals surface area (Å²) in [4.78, 5) is 0. The minimum absolute atomic E-state index is 0.559. The van der Waals surface area contributed by atoms with Gasteiger partial charge in [0.2, 0.25) is 5.69 Å².